The number of methoxy groups -OCH3 is 1. The zero-order chi connectivity index (χ0) is 21.2. The average molecular weight is 515 g/mol. The maximum atomic E-state index is 11.9. The van der Waals surface area contributed by atoms with E-state index in [2.05, 4.69) is 38.4 Å². The Kier molecular flexibility index (Phi) is 8.08. The van der Waals surface area contributed by atoms with Gasteiger partial charge in [0.1, 0.15) is 6.61 Å². The van der Waals surface area contributed by atoms with Crippen LogP contribution in [-0.2, 0) is 11.4 Å². The van der Waals surface area contributed by atoms with E-state index in [1.54, 1.807) is 19.4 Å². The largest absolute Gasteiger partial charge is 0.493 e. The summed E-state index contributed by atoms with van der Waals surface area (Å²) in [5.41, 5.74) is 5.24. The van der Waals surface area contributed by atoms with Crippen LogP contribution >= 0.6 is 22.6 Å². The molecule has 6 nitrogen and oxygen atoms in total. The van der Waals surface area contributed by atoms with E-state index in [-0.39, 0.29) is 12.5 Å². The third-order valence-corrected chi connectivity index (χ3v) is 4.84. The molecule has 0 unspecified atom stereocenters. The van der Waals surface area contributed by atoms with Gasteiger partial charge in [-0.05, 0) is 76.2 Å². The van der Waals surface area contributed by atoms with Gasteiger partial charge in [-0.25, -0.2) is 5.43 Å². The van der Waals surface area contributed by atoms with Crippen molar-refractivity contribution in [1.29, 1.82) is 0 Å². The first kappa shape index (κ1) is 21.6. The minimum atomic E-state index is -0.237. The zero-order valence-corrected chi connectivity index (χ0v) is 18.6. The lowest BCUT2D eigenvalue weighted by molar-refractivity contribution is -0.119. The number of halogens is 1. The van der Waals surface area contributed by atoms with Crippen LogP contribution in [0.5, 0.6) is 11.5 Å². The second kappa shape index (κ2) is 11.2. The Morgan fingerprint density at radius 3 is 2.53 bits per heavy atom. The summed E-state index contributed by atoms with van der Waals surface area (Å²) in [5, 5.41) is 7.05. The number of amides is 1. The number of carbonyl (C=O) groups excluding carboxylic acids is 1. The van der Waals surface area contributed by atoms with Crippen LogP contribution in [0.1, 0.15) is 11.1 Å². The number of benzene rings is 3. The molecule has 0 aliphatic rings. The van der Waals surface area contributed by atoms with Crippen LogP contribution in [0.15, 0.2) is 77.9 Å². The Hall–Kier alpha value is -3.07. The fraction of sp³-hybridized carbons (Fsp3) is 0.130. The van der Waals surface area contributed by atoms with Gasteiger partial charge in [0.25, 0.3) is 5.91 Å². The van der Waals surface area contributed by atoms with Gasteiger partial charge in [-0.2, -0.15) is 5.10 Å². The lowest BCUT2D eigenvalue weighted by Crippen LogP contribution is -2.25. The standard InChI is InChI=1S/C23H22IN3O3/c1-29-22-13-18(7-12-21(22)30-16-17-5-3-2-4-6-17)14-26-27-23(28)15-25-20-10-8-19(24)9-11-20/h2-14,25H,15-16H2,1H3,(H,27,28)/b26-14-. The van der Waals surface area contributed by atoms with Gasteiger partial charge in [0.15, 0.2) is 11.5 Å². The average Bonchev–Trinajstić information content (AvgIpc) is 2.78. The molecule has 0 saturated heterocycles. The van der Waals surface area contributed by atoms with Crippen LogP contribution in [0, 0.1) is 3.57 Å². The first-order chi connectivity index (χ1) is 14.6. The van der Waals surface area contributed by atoms with Crippen LogP contribution in [0.3, 0.4) is 0 Å². The number of carbonyl (C=O) groups is 1. The highest BCUT2D eigenvalue weighted by Crippen LogP contribution is 2.28. The lowest BCUT2D eigenvalue weighted by atomic mass is 10.2. The predicted molar refractivity (Wildman–Crippen MR) is 127 cm³/mol. The number of nitrogens with one attached hydrogen (secondary N) is 2. The molecule has 3 aromatic rings. The maximum absolute atomic E-state index is 11.9. The van der Waals surface area contributed by atoms with Gasteiger partial charge >= 0.3 is 0 Å². The van der Waals surface area contributed by atoms with Gasteiger partial charge in [0, 0.05) is 9.26 Å². The van der Waals surface area contributed by atoms with E-state index in [1.165, 1.54) is 0 Å². The van der Waals surface area contributed by atoms with Crippen LogP contribution < -0.4 is 20.2 Å². The summed E-state index contributed by atoms with van der Waals surface area (Å²) < 4.78 is 12.4. The predicted octanol–water partition coefficient (Wildman–Crippen LogP) is 4.44. The Labute approximate surface area is 189 Å². The molecule has 0 radical (unpaired) electrons. The van der Waals surface area contributed by atoms with Crippen molar-refractivity contribution in [2.75, 3.05) is 19.0 Å². The molecule has 2 N–H and O–H groups in total. The molecule has 1 amide bonds. The SMILES string of the molecule is COc1cc(/C=N\NC(=O)CNc2ccc(I)cc2)ccc1OCc1ccccc1. The van der Waals surface area contributed by atoms with E-state index in [9.17, 15) is 4.79 Å². The van der Waals surface area contributed by atoms with Crippen LogP contribution in [0.2, 0.25) is 0 Å². The van der Waals surface area contributed by atoms with Crippen molar-refractivity contribution in [2.45, 2.75) is 6.61 Å². The highest BCUT2D eigenvalue weighted by molar-refractivity contribution is 14.1. The van der Waals surface area contributed by atoms with E-state index >= 15 is 0 Å². The Morgan fingerprint density at radius 1 is 1.03 bits per heavy atom. The van der Waals surface area contributed by atoms with Crippen molar-refractivity contribution >= 4 is 40.4 Å². The summed E-state index contributed by atoms with van der Waals surface area (Å²) in [6.07, 6.45) is 1.56. The summed E-state index contributed by atoms with van der Waals surface area (Å²) in [4.78, 5) is 11.9. The maximum Gasteiger partial charge on any atom is 0.259 e. The molecule has 30 heavy (non-hydrogen) atoms. The summed E-state index contributed by atoms with van der Waals surface area (Å²) in [7, 11) is 1.59. The highest BCUT2D eigenvalue weighted by atomic mass is 127. The molecule has 3 aromatic carbocycles. The number of rotatable bonds is 9. The van der Waals surface area contributed by atoms with E-state index in [0.717, 1.165) is 20.4 Å². The van der Waals surface area contributed by atoms with Gasteiger partial charge in [-0.15, -0.1) is 0 Å². The summed E-state index contributed by atoms with van der Waals surface area (Å²) >= 11 is 2.23. The molecule has 154 valence electrons. The van der Waals surface area contributed by atoms with Crippen LogP contribution in [-0.4, -0.2) is 25.8 Å². The molecule has 0 saturated carbocycles. The number of nitrogens with zero attached hydrogens (tertiary/aromatic N) is 1. The first-order valence-electron chi connectivity index (χ1n) is 9.30. The summed E-state index contributed by atoms with van der Waals surface area (Å²) in [6, 6.07) is 23.2. The van der Waals surface area contributed by atoms with Crippen molar-refractivity contribution in [3.05, 3.63) is 87.5 Å². The normalized spacial score (nSPS) is 10.6. The second-order valence-corrected chi connectivity index (χ2v) is 7.58. The van der Waals surface area contributed by atoms with Crippen molar-refractivity contribution < 1.29 is 14.3 Å². The fourth-order valence-corrected chi connectivity index (χ4v) is 2.95. The Morgan fingerprint density at radius 2 is 1.80 bits per heavy atom. The third kappa shape index (κ3) is 6.77. The number of hydrazone groups is 1. The minimum absolute atomic E-state index is 0.132. The van der Waals surface area contributed by atoms with Crippen LogP contribution in [0.4, 0.5) is 5.69 Å². The van der Waals surface area contributed by atoms with Crippen LogP contribution in [0.25, 0.3) is 0 Å². The molecular formula is C23H22IN3O3. The molecule has 7 heteroatoms. The third-order valence-electron chi connectivity index (χ3n) is 4.13. The highest BCUT2D eigenvalue weighted by Gasteiger charge is 2.06. The van der Waals surface area contributed by atoms with Crippen molar-refractivity contribution in [3.63, 3.8) is 0 Å². The number of ether oxygens (including phenoxy) is 2. The Bertz CT molecular complexity index is 992. The topological polar surface area (TPSA) is 72.0 Å². The molecule has 0 aliphatic carbocycles. The monoisotopic (exact) mass is 515 g/mol. The molecule has 0 spiro atoms. The molecule has 0 fully saturated rings. The number of hydrogen-bond acceptors (Lipinski definition) is 5. The molecule has 0 aliphatic heterocycles. The van der Waals surface area contributed by atoms with Gasteiger partial charge in [0.05, 0.1) is 19.9 Å². The smallest absolute Gasteiger partial charge is 0.259 e. The number of hydrogen-bond donors (Lipinski definition) is 2. The fourth-order valence-electron chi connectivity index (χ4n) is 2.59. The lowest BCUT2D eigenvalue weighted by Gasteiger charge is -2.11. The van der Waals surface area contributed by atoms with E-state index < -0.39 is 0 Å². The first-order valence-corrected chi connectivity index (χ1v) is 10.4. The Balaban J connectivity index is 1.50. The second-order valence-electron chi connectivity index (χ2n) is 6.34. The van der Waals surface area contributed by atoms with Gasteiger partial charge < -0.3 is 14.8 Å². The van der Waals surface area contributed by atoms with Crippen molar-refractivity contribution in [2.24, 2.45) is 5.10 Å². The number of anilines is 1. The molecule has 0 atom stereocenters. The molecule has 3 rings (SSSR count). The zero-order valence-electron chi connectivity index (χ0n) is 16.5. The molecule has 0 heterocycles. The van der Waals surface area contributed by atoms with Gasteiger partial charge in [-0.3, -0.25) is 4.79 Å². The molecule has 0 aromatic heterocycles. The van der Waals surface area contributed by atoms with Gasteiger partial charge in [-0.1, -0.05) is 30.3 Å². The minimum Gasteiger partial charge on any atom is -0.493 e. The van der Waals surface area contributed by atoms with Crippen molar-refractivity contribution in [3.8, 4) is 11.5 Å². The summed E-state index contributed by atoms with van der Waals surface area (Å²) in [5.74, 6) is 1.01. The molecule has 0 bridgehead atoms. The van der Waals surface area contributed by atoms with E-state index in [1.807, 2.05) is 66.7 Å². The van der Waals surface area contributed by atoms with E-state index in [0.29, 0.717) is 18.1 Å². The molecular weight excluding hydrogens is 493 g/mol. The quantitative estimate of drug-likeness (QED) is 0.251. The van der Waals surface area contributed by atoms with Gasteiger partial charge in [0.2, 0.25) is 0 Å². The summed E-state index contributed by atoms with van der Waals surface area (Å²) in [6.45, 7) is 0.585. The van der Waals surface area contributed by atoms with E-state index in [4.69, 9.17) is 9.47 Å². The van der Waals surface area contributed by atoms with Crippen molar-refractivity contribution in [1.82, 2.24) is 5.43 Å².